The van der Waals surface area contributed by atoms with Gasteiger partial charge in [-0.25, -0.2) is 8.78 Å². The SMILES string of the molecule is O=C(NCCc1ccccc1)[C@@H]1C=CCN1C(=O)c1ccc(F)cc1F. The second-order valence-corrected chi connectivity index (χ2v) is 5.98. The molecule has 0 aromatic heterocycles. The van der Waals surface area contributed by atoms with E-state index >= 15 is 0 Å². The third-order valence-corrected chi connectivity index (χ3v) is 4.20. The highest BCUT2D eigenvalue weighted by atomic mass is 19.1. The summed E-state index contributed by atoms with van der Waals surface area (Å²) in [6.45, 7) is 0.631. The molecule has 1 N–H and O–H groups in total. The van der Waals surface area contributed by atoms with Crippen LogP contribution >= 0.6 is 0 Å². The van der Waals surface area contributed by atoms with Crippen LogP contribution in [0.25, 0.3) is 0 Å². The summed E-state index contributed by atoms with van der Waals surface area (Å²) in [5.41, 5.74) is 0.841. The number of nitrogens with zero attached hydrogens (tertiary/aromatic N) is 1. The van der Waals surface area contributed by atoms with Crippen LogP contribution < -0.4 is 5.32 Å². The van der Waals surface area contributed by atoms with Crippen molar-refractivity contribution in [3.8, 4) is 0 Å². The molecule has 0 saturated heterocycles. The van der Waals surface area contributed by atoms with Crippen LogP contribution in [-0.2, 0) is 11.2 Å². The summed E-state index contributed by atoms with van der Waals surface area (Å²) in [7, 11) is 0. The van der Waals surface area contributed by atoms with Gasteiger partial charge in [-0.05, 0) is 24.1 Å². The van der Waals surface area contributed by atoms with Crippen molar-refractivity contribution in [3.05, 3.63) is 83.4 Å². The highest BCUT2D eigenvalue weighted by molar-refractivity contribution is 5.99. The molecular weight excluding hydrogens is 338 g/mol. The monoisotopic (exact) mass is 356 g/mol. The van der Waals surface area contributed by atoms with Gasteiger partial charge in [-0.2, -0.15) is 0 Å². The Kier molecular flexibility index (Phi) is 5.41. The van der Waals surface area contributed by atoms with E-state index in [1.54, 1.807) is 12.2 Å². The first-order valence-electron chi connectivity index (χ1n) is 8.30. The number of carbonyl (C=O) groups is 2. The predicted octanol–water partition coefficient (Wildman–Crippen LogP) is 2.70. The van der Waals surface area contributed by atoms with Gasteiger partial charge in [-0.1, -0.05) is 42.5 Å². The van der Waals surface area contributed by atoms with E-state index in [2.05, 4.69) is 5.32 Å². The molecule has 2 aromatic carbocycles. The minimum Gasteiger partial charge on any atom is -0.354 e. The first kappa shape index (κ1) is 17.8. The lowest BCUT2D eigenvalue weighted by atomic mass is 10.1. The van der Waals surface area contributed by atoms with Crippen molar-refractivity contribution < 1.29 is 18.4 Å². The third-order valence-electron chi connectivity index (χ3n) is 4.20. The number of halogens is 2. The quantitative estimate of drug-likeness (QED) is 0.838. The highest BCUT2D eigenvalue weighted by Gasteiger charge is 2.32. The molecule has 0 spiro atoms. The first-order chi connectivity index (χ1) is 12.6. The molecule has 2 aromatic rings. The molecule has 0 aliphatic carbocycles. The van der Waals surface area contributed by atoms with Crippen LogP contribution in [-0.4, -0.2) is 35.8 Å². The van der Waals surface area contributed by atoms with E-state index in [-0.39, 0.29) is 18.0 Å². The van der Waals surface area contributed by atoms with Gasteiger partial charge in [0.2, 0.25) is 5.91 Å². The second kappa shape index (κ2) is 7.91. The van der Waals surface area contributed by atoms with E-state index in [1.807, 2.05) is 30.3 Å². The van der Waals surface area contributed by atoms with Crippen molar-refractivity contribution >= 4 is 11.8 Å². The van der Waals surface area contributed by atoms with E-state index in [4.69, 9.17) is 0 Å². The normalized spacial score (nSPS) is 15.9. The lowest BCUT2D eigenvalue weighted by molar-refractivity contribution is -0.123. The molecule has 3 rings (SSSR count). The molecule has 0 unspecified atom stereocenters. The van der Waals surface area contributed by atoms with Crippen molar-refractivity contribution in [2.75, 3.05) is 13.1 Å². The van der Waals surface area contributed by atoms with E-state index in [0.717, 1.165) is 17.7 Å². The topological polar surface area (TPSA) is 49.4 Å². The number of hydrogen-bond acceptors (Lipinski definition) is 2. The van der Waals surface area contributed by atoms with Crippen LogP contribution in [0.3, 0.4) is 0 Å². The first-order valence-corrected chi connectivity index (χ1v) is 8.30. The Morgan fingerprint density at radius 2 is 1.88 bits per heavy atom. The third kappa shape index (κ3) is 3.96. The largest absolute Gasteiger partial charge is 0.354 e. The molecule has 2 amide bonds. The molecule has 4 nitrogen and oxygen atoms in total. The maximum absolute atomic E-state index is 13.9. The Hall–Kier alpha value is -3.02. The molecule has 1 atom stereocenters. The highest BCUT2D eigenvalue weighted by Crippen LogP contribution is 2.18. The number of nitrogens with one attached hydrogen (secondary N) is 1. The van der Waals surface area contributed by atoms with Gasteiger partial charge in [-0.15, -0.1) is 0 Å². The smallest absolute Gasteiger partial charge is 0.258 e. The molecule has 1 aliphatic rings. The number of hydrogen-bond donors (Lipinski definition) is 1. The van der Waals surface area contributed by atoms with E-state index in [1.165, 1.54) is 4.90 Å². The van der Waals surface area contributed by atoms with Gasteiger partial charge >= 0.3 is 0 Å². The van der Waals surface area contributed by atoms with Gasteiger partial charge < -0.3 is 10.2 Å². The Morgan fingerprint density at radius 1 is 1.12 bits per heavy atom. The van der Waals surface area contributed by atoms with Crippen molar-refractivity contribution in [2.24, 2.45) is 0 Å². The fourth-order valence-corrected chi connectivity index (χ4v) is 2.86. The maximum atomic E-state index is 13.9. The molecule has 0 bridgehead atoms. The molecule has 1 aliphatic heterocycles. The van der Waals surface area contributed by atoms with Crippen LogP contribution in [0.5, 0.6) is 0 Å². The zero-order valence-electron chi connectivity index (χ0n) is 14.0. The van der Waals surface area contributed by atoms with E-state index < -0.39 is 23.6 Å². The van der Waals surface area contributed by atoms with Gasteiger partial charge in [0.05, 0.1) is 5.56 Å². The van der Waals surface area contributed by atoms with Crippen molar-refractivity contribution in [3.63, 3.8) is 0 Å². The molecular formula is C20H18F2N2O2. The maximum Gasteiger partial charge on any atom is 0.258 e. The fraction of sp³-hybridized carbons (Fsp3) is 0.200. The van der Waals surface area contributed by atoms with Crippen LogP contribution in [0.4, 0.5) is 8.78 Å². The van der Waals surface area contributed by atoms with Crippen LogP contribution in [0, 0.1) is 11.6 Å². The standard InChI is InChI=1S/C20H18F2N2O2/c21-15-8-9-16(17(22)13-15)20(26)24-12-4-7-18(24)19(25)23-11-10-14-5-2-1-3-6-14/h1-9,13,18H,10-12H2,(H,23,25)/t18-/m0/s1. The molecule has 134 valence electrons. The molecule has 6 heteroatoms. The van der Waals surface area contributed by atoms with Crippen LogP contribution in [0.2, 0.25) is 0 Å². The zero-order valence-corrected chi connectivity index (χ0v) is 14.0. The average molecular weight is 356 g/mol. The van der Waals surface area contributed by atoms with Crippen molar-refractivity contribution in [1.82, 2.24) is 10.2 Å². The van der Waals surface area contributed by atoms with Gasteiger partial charge in [0, 0.05) is 19.2 Å². The fourth-order valence-electron chi connectivity index (χ4n) is 2.86. The second-order valence-electron chi connectivity index (χ2n) is 5.98. The number of benzene rings is 2. The molecule has 0 radical (unpaired) electrons. The molecule has 26 heavy (non-hydrogen) atoms. The summed E-state index contributed by atoms with van der Waals surface area (Å²) < 4.78 is 26.9. The minimum absolute atomic E-state index is 0.201. The Morgan fingerprint density at radius 3 is 2.62 bits per heavy atom. The lowest BCUT2D eigenvalue weighted by Gasteiger charge is -2.24. The van der Waals surface area contributed by atoms with Crippen LogP contribution in [0.15, 0.2) is 60.7 Å². The molecule has 1 heterocycles. The Labute approximate surface area is 150 Å². The summed E-state index contributed by atoms with van der Waals surface area (Å²) in [4.78, 5) is 26.2. The zero-order chi connectivity index (χ0) is 18.5. The number of amides is 2. The average Bonchev–Trinajstić information content (AvgIpc) is 3.12. The number of carbonyl (C=O) groups excluding carboxylic acids is 2. The van der Waals surface area contributed by atoms with Gasteiger partial charge in [0.1, 0.15) is 17.7 Å². The Bertz CT molecular complexity index is 837. The summed E-state index contributed by atoms with van der Waals surface area (Å²) in [5, 5.41) is 2.80. The van der Waals surface area contributed by atoms with Crippen LogP contribution in [0.1, 0.15) is 15.9 Å². The van der Waals surface area contributed by atoms with E-state index in [0.29, 0.717) is 19.0 Å². The molecule has 0 fully saturated rings. The summed E-state index contributed by atoms with van der Waals surface area (Å²) in [5.74, 6) is -2.67. The summed E-state index contributed by atoms with van der Waals surface area (Å²) in [6, 6.07) is 11.7. The van der Waals surface area contributed by atoms with Crippen molar-refractivity contribution in [1.29, 1.82) is 0 Å². The summed E-state index contributed by atoms with van der Waals surface area (Å²) >= 11 is 0. The van der Waals surface area contributed by atoms with E-state index in [9.17, 15) is 18.4 Å². The molecule has 0 saturated carbocycles. The van der Waals surface area contributed by atoms with Gasteiger partial charge in [-0.3, -0.25) is 9.59 Å². The number of rotatable bonds is 5. The minimum atomic E-state index is -0.940. The predicted molar refractivity (Wildman–Crippen MR) is 93.5 cm³/mol. The van der Waals surface area contributed by atoms with Crippen molar-refractivity contribution in [2.45, 2.75) is 12.5 Å². The van der Waals surface area contributed by atoms with Gasteiger partial charge in [0.25, 0.3) is 5.91 Å². The summed E-state index contributed by atoms with van der Waals surface area (Å²) in [6.07, 6.45) is 3.96. The van der Waals surface area contributed by atoms with Gasteiger partial charge in [0.15, 0.2) is 0 Å². The Balaban J connectivity index is 1.62. The lowest BCUT2D eigenvalue weighted by Crippen LogP contribution is -2.46.